The van der Waals surface area contributed by atoms with Crippen LogP contribution in [0.2, 0.25) is 0 Å². The molecule has 0 saturated carbocycles. The summed E-state index contributed by atoms with van der Waals surface area (Å²) in [5, 5.41) is 44.5. The van der Waals surface area contributed by atoms with Gasteiger partial charge in [-0.1, -0.05) is 0 Å². The molecule has 10 nitrogen and oxygen atoms in total. The van der Waals surface area contributed by atoms with Gasteiger partial charge in [-0.2, -0.15) is 0 Å². The highest BCUT2D eigenvalue weighted by atomic mass is 31.2. The Balaban J connectivity index is 3.04. The Morgan fingerprint density at radius 3 is 2.42 bits per heavy atom. The fraction of sp³-hybridized carbons (Fsp3) is 1.00. The van der Waals surface area contributed by atoms with Gasteiger partial charge in [0.2, 0.25) is 5.34 Å². The highest BCUT2D eigenvalue weighted by molar-refractivity contribution is 7.54. The van der Waals surface area contributed by atoms with E-state index in [4.69, 9.17) is 10.8 Å². The maximum Gasteiger partial charge on any atom is 0.367 e. The number of aliphatic hydroxyl groups is 5. The van der Waals surface area contributed by atoms with Crippen LogP contribution in [-0.2, 0) is 13.8 Å². The van der Waals surface area contributed by atoms with E-state index < -0.39 is 50.8 Å². The van der Waals surface area contributed by atoms with Crippen LogP contribution in [0.5, 0.6) is 0 Å². The summed E-state index contributed by atoms with van der Waals surface area (Å²) >= 11 is 0. The molecule has 8 N–H and O–H groups in total. The molecule has 0 aromatic carbocycles. The number of ether oxygens (including phenoxy) is 1. The van der Waals surface area contributed by atoms with Crippen molar-refractivity contribution in [1.29, 1.82) is 0 Å². The molecule has 114 valence electrons. The van der Waals surface area contributed by atoms with Crippen LogP contribution in [-0.4, -0.2) is 80.1 Å². The van der Waals surface area contributed by atoms with Crippen LogP contribution in [0, 0.1) is 0 Å². The molecular formula is C8H18NO9P. The maximum atomic E-state index is 11.9. The zero-order chi connectivity index (χ0) is 14.8. The van der Waals surface area contributed by atoms with E-state index in [0.717, 1.165) is 0 Å². The van der Waals surface area contributed by atoms with Crippen molar-refractivity contribution in [2.75, 3.05) is 19.8 Å². The number of rotatable bonds is 5. The van der Waals surface area contributed by atoms with E-state index in [2.05, 4.69) is 9.26 Å². The van der Waals surface area contributed by atoms with Gasteiger partial charge in [0.25, 0.3) is 0 Å². The molecule has 1 fully saturated rings. The molecule has 1 unspecified atom stereocenters. The lowest BCUT2D eigenvalue weighted by atomic mass is 9.99. The third-order valence-electron chi connectivity index (χ3n) is 2.82. The van der Waals surface area contributed by atoms with Crippen LogP contribution < -0.4 is 5.73 Å². The number of hydrogen-bond acceptors (Lipinski definition) is 9. The van der Waals surface area contributed by atoms with E-state index in [-0.39, 0.29) is 6.54 Å². The molecule has 1 heterocycles. The molecule has 0 bridgehead atoms. The molecule has 0 spiro atoms. The summed E-state index contributed by atoms with van der Waals surface area (Å²) in [5.74, 6) is 0. The molecule has 6 atom stereocenters. The van der Waals surface area contributed by atoms with Crippen molar-refractivity contribution >= 4 is 7.60 Å². The SMILES string of the molecule is NCCOP(=O)(O)[C@@]1(O)[C@@H](O)O[C@H](CO)[C@@H](O)[C@@H]1O. The summed E-state index contributed by atoms with van der Waals surface area (Å²) in [6, 6.07) is 0. The Hall–Kier alpha value is -0.130. The second-order valence-corrected chi connectivity index (χ2v) is 6.09. The minimum absolute atomic E-state index is 0.143. The molecule has 1 rings (SSSR count). The summed E-state index contributed by atoms with van der Waals surface area (Å²) in [4.78, 5) is 9.60. The van der Waals surface area contributed by atoms with Gasteiger partial charge >= 0.3 is 7.60 Å². The fourth-order valence-electron chi connectivity index (χ4n) is 1.68. The van der Waals surface area contributed by atoms with Crippen LogP contribution in [0.4, 0.5) is 0 Å². The van der Waals surface area contributed by atoms with Crippen LogP contribution in [0.25, 0.3) is 0 Å². The van der Waals surface area contributed by atoms with Gasteiger partial charge < -0.3 is 45.4 Å². The topological polar surface area (TPSA) is 183 Å². The van der Waals surface area contributed by atoms with E-state index >= 15 is 0 Å². The van der Waals surface area contributed by atoms with Crippen molar-refractivity contribution < 1.29 is 44.3 Å². The minimum atomic E-state index is -4.97. The fourth-order valence-corrected chi connectivity index (χ4v) is 3.07. The lowest BCUT2D eigenvalue weighted by molar-refractivity contribution is -0.306. The molecule has 0 aromatic heterocycles. The number of nitrogens with two attached hydrogens (primary N) is 1. The molecule has 0 aliphatic carbocycles. The standard InChI is InChI=1S/C8H18NO9P/c9-1-2-17-19(15,16)8(14)6(12)5(11)4(3-10)18-7(8)13/h4-7,10-14H,1-3,9H2,(H,15,16)/t4-,5-,6+,7+,8-/m1/s1. The third kappa shape index (κ3) is 2.83. The van der Waals surface area contributed by atoms with E-state index in [1.165, 1.54) is 0 Å². The van der Waals surface area contributed by atoms with Crippen molar-refractivity contribution in [3.63, 3.8) is 0 Å². The predicted octanol–water partition coefficient (Wildman–Crippen LogP) is -3.73. The normalized spacial score (nSPS) is 42.9. The van der Waals surface area contributed by atoms with Gasteiger partial charge in [-0.3, -0.25) is 4.57 Å². The maximum absolute atomic E-state index is 11.9. The van der Waals surface area contributed by atoms with Crippen molar-refractivity contribution in [1.82, 2.24) is 0 Å². The average Bonchev–Trinajstić information content (AvgIpc) is 2.37. The van der Waals surface area contributed by atoms with Gasteiger partial charge in [-0.05, 0) is 0 Å². The average molecular weight is 303 g/mol. The first-order valence-electron chi connectivity index (χ1n) is 5.42. The van der Waals surface area contributed by atoms with Gasteiger partial charge in [0, 0.05) is 6.54 Å². The number of hydrogen-bond donors (Lipinski definition) is 7. The summed E-state index contributed by atoms with van der Waals surface area (Å²) in [6.07, 6.45) is -7.90. The molecule has 1 aliphatic rings. The summed E-state index contributed by atoms with van der Waals surface area (Å²) in [5.41, 5.74) is 5.07. The van der Waals surface area contributed by atoms with E-state index in [9.17, 15) is 29.9 Å². The van der Waals surface area contributed by atoms with Gasteiger partial charge in [0.15, 0.2) is 6.29 Å². The van der Waals surface area contributed by atoms with Crippen molar-refractivity contribution in [2.45, 2.75) is 29.9 Å². The van der Waals surface area contributed by atoms with Gasteiger partial charge in [0.1, 0.15) is 18.3 Å². The molecule has 11 heteroatoms. The Bertz CT molecular complexity index is 355. The van der Waals surface area contributed by atoms with Crippen molar-refractivity contribution in [3.8, 4) is 0 Å². The Morgan fingerprint density at radius 2 is 1.95 bits per heavy atom. The van der Waals surface area contributed by atoms with Crippen LogP contribution >= 0.6 is 7.60 Å². The molecule has 0 radical (unpaired) electrons. The summed E-state index contributed by atoms with van der Waals surface area (Å²) < 4.78 is 20.9. The molecule has 0 aromatic rings. The van der Waals surface area contributed by atoms with Crippen LogP contribution in [0.1, 0.15) is 0 Å². The highest BCUT2D eigenvalue weighted by Gasteiger charge is 2.65. The van der Waals surface area contributed by atoms with E-state index in [0.29, 0.717) is 0 Å². The lowest BCUT2D eigenvalue weighted by Crippen LogP contribution is -2.66. The predicted molar refractivity (Wildman–Crippen MR) is 59.8 cm³/mol. The molecule has 0 amide bonds. The first kappa shape index (κ1) is 16.9. The second-order valence-electron chi connectivity index (χ2n) is 4.07. The van der Waals surface area contributed by atoms with Gasteiger partial charge in [0.05, 0.1) is 13.2 Å². The largest absolute Gasteiger partial charge is 0.394 e. The van der Waals surface area contributed by atoms with Crippen LogP contribution in [0.15, 0.2) is 0 Å². The minimum Gasteiger partial charge on any atom is -0.394 e. The molecule has 1 aliphatic heterocycles. The Morgan fingerprint density at radius 1 is 1.37 bits per heavy atom. The summed E-state index contributed by atoms with van der Waals surface area (Å²) in [6.45, 7) is -1.34. The van der Waals surface area contributed by atoms with E-state index in [1.807, 2.05) is 0 Å². The van der Waals surface area contributed by atoms with Crippen LogP contribution in [0.3, 0.4) is 0 Å². The first-order chi connectivity index (χ1) is 8.72. The Labute approximate surface area is 108 Å². The monoisotopic (exact) mass is 303 g/mol. The van der Waals surface area contributed by atoms with Crippen molar-refractivity contribution in [2.24, 2.45) is 5.73 Å². The molecule has 1 saturated heterocycles. The van der Waals surface area contributed by atoms with Gasteiger partial charge in [-0.25, -0.2) is 0 Å². The van der Waals surface area contributed by atoms with Crippen molar-refractivity contribution in [3.05, 3.63) is 0 Å². The smallest absolute Gasteiger partial charge is 0.367 e. The second kappa shape index (κ2) is 6.10. The zero-order valence-electron chi connectivity index (χ0n) is 9.86. The zero-order valence-corrected chi connectivity index (χ0v) is 10.8. The quantitative estimate of drug-likeness (QED) is 0.249. The molecular weight excluding hydrogens is 285 g/mol. The lowest BCUT2D eigenvalue weighted by Gasteiger charge is -2.46. The van der Waals surface area contributed by atoms with Gasteiger partial charge in [-0.15, -0.1) is 0 Å². The third-order valence-corrected chi connectivity index (χ3v) is 4.75. The Kier molecular flexibility index (Phi) is 5.43. The molecule has 19 heavy (non-hydrogen) atoms. The highest BCUT2D eigenvalue weighted by Crippen LogP contribution is 2.59. The first-order valence-corrected chi connectivity index (χ1v) is 7.00. The number of aliphatic hydroxyl groups excluding tert-OH is 4. The van der Waals surface area contributed by atoms with E-state index in [1.54, 1.807) is 0 Å². The summed E-state index contributed by atoms with van der Waals surface area (Å²) in [7, 11) is -4.97.